The highest BCUT2D eigenvalue weighted by Gasteiger charge is 2.29. The van der Waals surface area contributed by atoms with Crippen LogP contribution >= 0.6 is 27.3 Å². The highest BCUT2D eigenvalue weighted by atomic mass is 79.9. The zero-order chi connectivity index (χ0) is 17.3. The van der Waals surface area contributed by atoms with Crippen molar-refractivity contribution < 1.29 is 14.4 Å². The van der Waals surface area contributed by atoms with E-state index >= 15 is 0 Å². The van der Waals surface area contributed by atoms with Gasteiger partial charge in [-0.2, -0.15) is 0 Å². The second-order valence-corrected chi connectivity index (χ2v) is 7.49. The number of hydrogen-bond acceptors (Lipinski definition) is 4. The normalized spacial score (nSPS) is 13.4. The van der Waals surface area contributed by atoms with Gasteiger partial charge >= 0.3 is 0 Å². The molecule has 1 aliphatic rings. The van der Waals surface area contributed by atoms with Gasteiger partial charge in [-0.25, -0.2) is 0 Å². The summed E-state index contributed by atoms with van der Waals surface area (Å²) in [5, 5.41) is 3.40. The van der Waals surface area contributed by atoms with Gasteiger partial charge in [0.05, 0.1) is 9.88 Å². The lowest BCUT2D eigenvalue weighted by atomic mass is 10.4. The van der Waals surface area contributed by atoms with E-state index in [-0.39, 0.29) is 11.8 Å². The summed E-state index contributed by atoms with van der Waals surface area (Å²) >= 11 is 4.45. The minimum atomic E-state index is -0.437. The molecule has 0 aliphatic heterocycles. The van der Waals surface area contributed by atoms with Crippen molar-refractivity contribution in [1.82, 2.24) is 15.4 Å². The number of anilines is 1. The summed E-state index contributed by atoms with van der Waals surface area (Å²) in [4.78, 5) is 36.2. The number of aromatic nitrogens is 1. The quantitative estimate of drug-likeness (QED) is 0.674. The average molecular weight is 411 g/mol. The molecule has 3 rings (SSSR count). The Bertz CT molecular complexity index is 810. The maximum absolute atomic E-state index is 12.1. The molecule has 0 saturated heterocycles. The average Bonchev–Trinajstić information content (AvgIpc) is 3.20. The van der Waals surface area contributed by atoms with E-state index in [2.05, 4.69) is 32.1 Å². The maximum Gasteiger partial charge on any atom is 0.286 e. The van der Waals surface area contributed by atoms with Gasteiger partial charge in [0.25, 0.3) is 11.8 Å². The summed E-state index contributed by atoms with van der Waals surface area (Å²) in [6.07, 6.45) is 3.59. The van der Waals surface area contributed by atoms with Crippen LogP contribution in [0.15, 0.2) is 28.9 Å². The lowest BCUT2D eigenvalue weighted by molar-refractivity contribution is -0.117. The number of nitrogens with one attached hydrogen (secondary N) is 3. The van der Waals surface area contributed by atoms with Gasteiger partial charge < -0.3 is 9.88 Å². The van der Waals surface area contributed by atoms with Crippen molar-refractivity contribution in [2.45, 2.75) is 12.8 Å². The van der Waals surface area contributed by atoms with Crippen LogP contribution in [-0.2, 0) is 11.8 Å². The molecule has 1 fully saturated rings. The van der Waals surface area contributed by atoms with Gasteiger partial charge in [-0.05, 0) is 47.0 Å². The van der Waals surface area contributed by atoms with Gasteiger partial charge in [-0.15, -0.1) is 11.3 Å². The molecular weight excluding hydrogens is 396 g/mol. The molecule has 2 aromatic heterocycles. The molecule has 2 aromatic rings. The van der Waals surface area contributed by atoms with Crippen LogP contribution in [0.3, 0.4) is 0 Å². The molecule has 24 heavy (non-hydrogen) atoms. The predicted molar refractivity (Wildman–Crippen MR) is 93.7 cm³/mol. The lowest BCUT2D eigenvalue weighted by Crippen LogP contribution is -2.41. The number of carbonyl (C=O) groups is 3. The van der Waals surface area contributed by atoms with Gasteiger partial charge in [0, 0.05) is 23.6 Å². The highest BCUT2D eigenvalue weighted by molar-refractivity contribution is 9.10. The maximum atomic E-state index is 12.1. The van der Waals surface area contributed by atoms with Crippen molar-refractivity contribution in [3.05, 3.63) is 39.4 Å². The second kappa shape index (κ2) is 6.78. The molecule has 0 spiro atoms. The van der Waals surface area contributed by atoms with E-state index in [1.54, 1.807) is 36.0 Å². The van der Waals surface area contributed by atoms with Crippen LogP contribution in [0, 0.1) is 5.92 Å². The molecule has 1 saturated carbocycles. The summed E-state index contributed by atoms with van der Waals surface area (Å²) in [6, 6.07) is 4.93. The number of halogens is 1. The fourth-order valence-electron chi connectivity index (χ4n) is 2.09. The molecule has 7 nitrogen and oxygen atoms in total. The number of hydrazine groups is 1. The Labute approximate surface area is 150 Å². The smallest absolute Gasteiger partial charge is 0.286 e. The van der Waals surface area contributed by atoms with Gasteiger partial charge in [-0.1, -0.05) is 0 Å². The molecule has 2 heterocycles. The molecule has 0 radical (unpaired) electrons. The van der Waals surface area contributed by atoms with Gasteiger partial charge in [-0.3, -0.25) is 25.2 Å². The fraction of sp³-hybridized carbons (Fsp3) is 0.267. The molecule has 3 N–H and O–H groups in total. The van der Waals surface area contributed by atoms with Crippen molar-refractivity contribution in [2.75, 3.05) is 5.32 Å². The third-order valence-electron chi connectivity index (χ3n) is 3.52. The van der Waals surface area contributed by atoms with Crippen LogP contribution in [0.1, 0.15) is 33.0 Å². The van der Waals surface area contributed by atoms with E-state index in [4.69, 9.17) is 0 Å². The number of thiophene rings is 1. The third-order valence-corrected chi connectivity index (χ3v) is 4.95. The van der Waals surface area contributed by atoms with Crippen LogP contribution < -0.4 is 16.2 Å². The Balaban J connectivity index is 1.55. The van der Waals surface area contributed by atoms with E-state index in [0.717, 1.165) is 28.7 Å². The van der Waals surface area contributed by atoms with Crippen molar-refractivity contribution >= 4 is 50.0 Å². The molecular formula is C15H15BrN4O3S. The molecule has 0 unspecified atom stereocenters. The van der Waals surface area contributed by atoms with E-state index in [1.165, 1.54) is 0 Å². The van der Waals surface area contributed by atoms with Crippen molar-refractivity contribution in [1.29, 1.82) is 0 Å². The fourth-order valence-corrected chi connectivity index (χ4v) is 3.41. The number of nitrogens with zero attached hydrogens (tertiary/aromatic N) is 1. The Morgan fingerprint density at radius 1 is 1.21 bits per heavy atom. The summed E-state index contributed by atoms with van der Waals surface area (Å²) in [5.41, 5.74) is 5.14. The van der Waals surface area contributed by atoms with Crippen molar-refractivity contribution in [2.24, 2.45) is 13.0 Å². The molecule has 1 aliphatic carbocycles. The first-order valence-corrected chi connectivity index (χ1v) is 8.88. The topological polar surface area (TPSA) is 92.2 Å². The molecule has 3 amide bonds. The monoisotopic (exact) mass is 410 g/mol. The Kier molecular flexibility index (Phi) is 4.72. The number of aryl methyl sites for hydroxylation is 1. The number of rotatable bonds is 4. The first kappa shape index (κ1) is 16.7. The number of carbonyl (C=O) groups excluding carboxylic acids is 3. The summed E-state index contributed by atoms with van der Waals surface area (Å²) in [7, 11) is 1.73. The van der Waals surface area contributed by atoms with Gasteiger partial charge in [0.1, 0.15) is 5.69 Å². The third kappa shape index (κ3) is 3.85. The van der Waals surface area contributed by atoms with Gasteiger partial charge in [0.2, 0.25) is 5.91 Å². The zero-order valence-electron chi connectivity index (χ0n) is 12.8. The van der Waals surface area contributed by atoms with Crippen LogP contribution in [0.25, 0.3) is 0 Å². The molecule has 0 atom stereocenters. The minimum Gasteiger partial charge on any atom is -0.345 e. The number of hydrogen-bond donors (Lipinski definition) is 3. The largest absolute Gasteiger partial charge is 0.345 e. The van der Waals surface area contributed by atoms with E-state index in [1.807, 2.05) is 0 Å². The molecule has 0 aromatic carbocycles. The zero-order valence-corrected chi connectivity index (χ0v) is 15.2. The molecule has 9 heteroatoms. The predicted octanol–water partition coefficient (Wildman–Crippen LogP) is 2.27. The van der Waals surface area contributed by atoms with Crippen LogP contribution in [0.4, 0.5) is 5.00 Å². The second-order valence-electron chi connectivity index (χ2n) is 5.49. The number of amides is 3. The van der Waals surface area contributed by atoms with Crippen molar-refractivity contribution in [3.63, 3.8) is 0 Å². The minimum absolute atomic E-state index is 0.00797. The standard InChI is InChI=1S/C15H15BrN4O3S/c1-20-7-9(16)6-10(20)14(22)18-19-15(23)11-4-5-12(24-11)17-13(21)8-2-3-8/h4-8H,2-3H2,1H3,(H,17,21)(H,18,22)(H,19,23). The first-order valence-electron chi connectivity index (χ1n) is 7.27. The van der Waals surface area contributed by atoms with E-state index < -0.39 is 11.8 Å². The first-order chi connectivity index (χ1) is 11.4. The summed E-state index contributed by atoms with van der Waals surface area (Å²) in [5.74, 6) is -0.761. The Morgan fingerprint density at radius 2 is 1.92 bits per heavy atom. The lowest BCUT2D eigenvalue weighted by Gasteiger charge is -2.06. The Morgan fingerprint density at radius 3 is 2.54 bits per heavy atom. The summed E-state index contributed by atoms with van der Waals surface area (Å²) in [6.45, 7) is 0. The van der Waals surface area contributed by atoms with Crippen LogP contribution in [0.5, 0.6) is 0 Å². The Hall–Kier alpha value is -2.13. The molecule has 126 valence electrons. The van der Waals surface area contributed by atoms with Gasteiger partial charge in [0.15, 0.2) is 0 Å². The highest BCUT2D eigenvalue weighted by Crippen LogP contribution is 2.31. The van der Waals surface area contributed by atoms with E-state index in [9.17, 15) is 14.4 Å². The SMILES string of the molecule is Cn1cc(Br)cc1C(=O)NNC(=O)c1ccc(NC(=O)C2CC2)s1. The molecule has 0 bridgehead atoms. The van der Waals surface area contributed by atoms with Crippen molar-refractivity contribution in [3.8, 4) is 0 Å². The summed E-state index contributed by atoms with van der Waals surface area (Å²) < 4.78 is 2.41. The van der Waals surface area contributed by atoms with E-state index in [0.29, 0.717) is 15.6 Å². The van der Waals surface area contributed by atoms with Crippen LogP contribution in [0.2, 0.25) is 0 Å². The van der Waals surface area contributed by atoms with Crippen LogP contribution in [-0.4, -0.2) is 22.3 Å².